The van der Waals surface area contributed by atoms with Crippen molar-refractivity contribution in [2.45, 2.75) is 52.5 Å². The van der Waals surface area contributed by atoms with Gasteiger partial charge >= 0.3 is 0 Å². The van der Waals surface area contributed by atoms with Gasteiger partial charge in [-0.15, -0.1) is 0 Å². The van der Waals surface area contributed by atoms with Gasteiger partial charge < -0.3 is 5.32 Å². The van der Waals surface area contributed by atoms with Crippen molar-refractivity contribution in [1.29, 1.82) is 0 Å². The van der Waals surface area contributed by atoms with Crippen LogP contribution in [0.1, 0.15) is 45.6 Å². The van der Waals surface area contributed by atoms with Gasteiger partial charge in [-0.05, 0) is 43.9 Å². The first-order chi connectivity index (χ1) is 9.08. The zero-order chi connectivity index (χ0) is 14.3. The van der Waals surface area contributed by atoms with Gasteiger partial charge in [0, 0.05) is 16.6 Å². The van der Waals surface area contributed by atoms with Crippen molar-refractivity contribution >= 4 is 11.6 Å². The highest BCUT2D eigenvalue weighted by molar-refractivity contribution is 6.31. The Kier molecular flexibility index (Phi) is 7.40. The second-order valence-electron chi connectivity index (χ2n) is 5.30. The number of hydrogen-bond acceptors (Lipinski definition) is 1. The van der Waals surface area contributed by atoms with Crippen LogP contribution in [0.2, 0.25) is 5.02 Å². The molecule has 1 aromatic rings. The molecule has 0 amide bonds. The molecular formula is C16H25ClFN. The molecule has 2 atom stereocenters. The summed E-state index contributed by atoms with van der Waals surface area (Å²) in [4.78, 5) is 0. The maximum absolute atomic E-state index is 13.8. The molecule has 1 aromatic carbocycles. The van der Waals surface area contributed by atoms with Crippen LogP contribution in [0.15, 0.2) is 18.2 Å². The first-order valence-electron chi connectivity index (χ1n) is 7.24. The van der Waals surface area contributed by atoms with E-state index < -0.39 is 0 Å². The predicted octanol–water partition coefficient (Wildman–Crippen LogP) is 4.83. The highest BCUT2D eigenvalue weighted by Gasteiger charge is 2.16. The summed E-state index contributed by atoms with van der Waals surface area (Å²) in [6, 6.07) is 5.20. The molecule has 0 aliphatic carbocycles. The average Bonchev–Trinajstić information content (AvgIpc) is 2.39. The van der Waals surface area contributed by atoms with E-state index in [0.29, 0.717) is 29.0 Å². The summed E-state index contributed by atoms with van der Waals surface area (Å²) < 4.78 is 13.8. The average molecular weight is 286 g/mol. The number of benzene rings is 1. The van der Waals surface area contributed by atoms with Crippen LogP contribution in [-0.2, 0) is 6.42 Å². The minimum atomic E-state index is -0.194. The van der Waals surface area contributed by atoms with E-state index in [1.807, 2.05) is 0 Å². The van der Waals surface area contributed by atoms with E-state index >= 15 is 0 Å². The Morgan fingerprint density at radius 2 is 2.05 bits per heavy atom. The Labute approximate surface area is 121 Å². The van der Waals surface area contributed by atoms with Crippen LogP contribution in [0.4, 0.5) is 4.39 Å². The van der Waals surface area contributed by atoms with Crippen molar-refractivity contribution in [2.24, 2.45) is 5.92 Å². The van der Waals surface area contributed by atoms with Crippen molar-refractivity contribution in [1.82, 2.24) is 5.32 Å². The van der Waals surface area contributed by atoms with Crippen molar-refractivity contribution in [2.75, 3.05) is 6.54 Å². The zero-order valence-corrected chi connectivity index (χ0v) is 12.9. The minimum absolute atomic E-state index is 0.194. The normalized spacial score (nSPS) is 14.4. The van der Waals surface area contributed by atoms with Crippen LogP contribution in [-0.4, -0.2) is 12.6 Å². The summed E-state index contributed by atoms with van der Waals surface area (Å²) in [6.45, 7) is 7.54. The summed E-state index contributed by atoms with van der Waals surface area (Å²) in [7, 11) is 0. The Bertz CT molecular complexity index is 361. The molecular weight excluding hydrogens is 261 g/mol. The highest BCUT2D eigenvalue weighted by Crippen LogP contribution is 2.22. The smallest absolute Gasteiger partial charge is 0.127 e. The van der Waals surface area contributed by atoms with Crippen molar-refractivity contribution in [3.05, 3.63) is 34.6 Å². The topological polar surface area (TPSA) is 12.0 Å². The van der Waals surface area contributed by atoms with Crippen LogP contribution in [0.25, 0.3) is 0 Å². The molecule has 0 aromatic heterocycles. The predicted molar refractivity (Wildman–Crippen MR) is 81.3 cm³/mol. The molecule has 3 heteroatoms. The second-order valence-corrected chi connectivity index (χ2v) is 5.71. The first kappa shape index (κ1) is 16.5. The Hall–Kier alpha value is -0.600. The van der Waals surface area contributed by atoms with Gasteiger partial charge in [-0.3, -0.25) is 0 Å². The molecule has 0 aliphatic heterocycles. The Morgan fingerprint density at radius 3 is 2.63 bits per heavy atom. The Morgan fingerprint density at radius 1 is 1.32 bits per heavy atom. The lowest BCUT2D eigenvalue weighted by Crippen LogP contribution is -2.33. The molecule has 1 nitrogen and oxygen atoms in total. The maximum Gasteiger partial charge on any atom is 0.127 e. The van der Waals surface area contributed by atoms with Crippen LogP contribution in [0, 0.1) is 11.7 Å². The molecule has 0 fully saturated rings. The van der Waals surface area contributed by atoms with E-state index in [0.717, 1.165) is 25.8 Å². The largest absolute Gasteiger partial charge is 0.314 e. The molecule has 0 spiro atoms. The molecule has 1 N–H and O–H groups in total. The molecule has 0 aliphatic rings. The quantitative estimate of drug-likeness (QED) is 0.722. The van der Waals surface area contributed by atoms with Crippen LogP contribution in [0.3, 0.4) is 0 Å². The van der Waals surface area contributed by atoms with Crippen LogP contribution < -0.4 is 5.32 Å². The molecule has 0 saturated heterocycles. The van der Waals surface area contributed by atoms with Gasteiger partial charge in [0.2, 0.25) is 0 Å². The van der Waals surface area contributed by atoms with Gasteiger partial charge in [0.15, 0.2) is 0 Å². The van der Waals surface area contributed by atoms with E-state index in [2.05, 4.69) is 26.1 Å². The summed E-state index contributed by atoms with van der Waals surface area (Å²) in [5, 5.41) is 4.05. The summed E-state index contributed by atoms with van der Waals surface area (Å²) in [5.41, 5.74) is 0.640. The fourth-order valence-corrected chi connectivity index (χ4v) is 2.45. The van der Waals surface area contributed by atoms with Crippen LogP contribution >= 0.6 is 11.6 Å². The fraction of sp³-hybridized carbons (Fsp3) is 0.625. The van der Waals surface area contributed by atoms with Gasteiger partial charge in [0.05, 0.1) is 0 Å². The lowest BCUT2D eigenvalue weighted by molar-refractivity contribution is 0.388. The molecule has 1 rings (SSSR count). The van der Waals surface area contributed by atoms with E-state index in [-0.39, 0.29) is 5.82 Å². The number of nitrogens with one attached hydrogen (secondary N) is 1. The molecule has 0 radical (unpaired) electrons. The van der Waals surface area contributed by atoms with E-state index in [1.165, 1.54) is 6.07 Å². The zero-order valence-electron chi connectivity index (χ0n) is 12.2. The van der Waals surface area contributed by atoms with Gasteiger partial charge in [-0.25, -0.2) is 4.39 Å². The number of halogens is 2. The molecule has 19 heavy (non-hydrogen) atoms. The third-order valence-corrected chi connectivity index (χ3v) is 3.93. The van der Waals surface area contributed by atoms with E-state index in [1.54, 1.807) is 12.1 Å². The van der Waals surface area contributed by atoms with Gasteiger partial charge in [0.1, 0.15) is 5.82 Å². The summed E-state index contributed by atoms with van der Waals surface area (Å²) >= 11 is 6.11. The van der Waals surface area contributed by atoms with E-state index in [9.17, 15) is 4.39 Å². The highest BCUT2D eigenvalue weighted by atomic mass is 35.5. The standard InChI is InChI=1S/C16H25ClFN/c1-4-9-19-13(10-12(3)5-2)11-14-15(17)7-6-8-16(14)18/h6-8,12-13,19H,4-5,9-11H2,1-3H3. The minimum Gasteiger partial charge on any atom is -0.314 e. The van der Waals surface area contributed by atoms with Crippen molar-refractivity contribution < 1.29 is 4.39 Å². The number of hydrogen-bond donors (Lipinski definition) is 1. The summed E-state index contributed by atoms with van der Waals surface area (Å²) in [6.07, 6.45) is 3.95. The molecule has 108 valence electrons. The van der Waals surface area contributed by atoms with Gasteiger partial charge in [-0.1, -0.05) is 44.9 Å². The third-order valence-electron chi connectivity index (χ3n) is 3.58. The van der Waals surface area contributed by atoms with Crippen molar-refractivity contribution in [3.8, 4) is 0 Å². The molecule has 2 unspecified atom stereocenters. The lowest BCUT2D eigenvalue weighted by Gasteiger charge is -2.22. The monoisotopic (exact) mass is 285 g/mol. The summed E-state index contributed by atoms with van der Waals surface area (Å²) in [5.74, 6) is 0.444. The first-order valence-corrected chi connectivity index (χ1v) is 7.62. The fourth-order valence-electron chi connectivity index (χ4n) is 2.21. The third kappa shape index (κ3) is 5.50. The SMILES string of the molecule is CCCNC(Cc1c(F)cccc1Cl)CC(C)CC. The molecule has 0 heterocycles. The maximum atomic E-state index is 13.8. The Balaban J connectivity index is 2.75. The van der Waals surface area contributed by atoms with Gasteiger partial charge in [0.25, 0.3) is 0 Å². The van der Waals surface area contributed by atoms with Crippen LogP contribution in [0.5, 0.6) is 0 Å². The molecule has 0 bridgehead atoms. The second kappa shape index (κ2) is 8.55. The van der Waals surface area contributed by atoms with Crippen molar-refractivity contribution in [3.63, 3.8) is 0 Å². The lowest BCUT2D eigenvalue weighted by atomic mass is 9.94. The van der Waals surface area contributed by atoms with Gasteiger partial charge in [-0.2, -0.15) is 0 Å². The molecule has 0 saturated carbocycles. The van der Waals surface area contributed by atoms with E-state index in [4.69, 9.17) is 11.6 Å². The number of rotatable bonds is 8.